The summed E-state index contributed by atoms with van der Waals surface area (Å²) in [5.74, 6) is 0. The van der Waals surface area contributed by atoms with Gasteiger partial charge in [-0.3, -0.25) is 4.55 Å². The summed E-state index contributed by atoms with van der Waals surface area (Å²) in [5, 5.41) is 16.1. The van der Waals surface area contributed by atoms with E-state index < -0.39 is 10.1 Å². The highest BCUT2D eigenvalue weighted by Gasteiger charge is 2.06. The maximum absolute atomic E-state index is 10.5. The van der Waals surface area contributed by atoms with Gasteiger partial charge in [-0.15, -0.1) is 5.10 Å². The standard InChI is InChI=1S/C7H8O3S.C6H5N3O/c1-6-2-4-7(5-3-6)11(8,9)10;10-9-6-4-2-1-3-5(6)7-8-9/h2-5H,1H3,(H,8,9,10);1-4,10H. The van der Waals surface area contributed by atoms with E-state index in [1.165, 1.54) is 12.1 Å². The molecule has 0 aliphatic heterocycles. The van der Waals surface area contributed by atoms with Gasteiger partial charge >= 0.3 is 0 Å². The van der Waals surface area contributed by atoms with Crippen molar-refractivity contribution in [3.63, 3.8) is 0 Å². The highest BCUT2D eigenvalue weighted by molar-refractivity contribution is 7.85. The van der Waals surface area contributed by atoms with E-state index in [2.05, 4.69) is 10.3 Å². The van der Waals surface area contributed by atoms with E-state index in [1.807, 2.05) is 19.1 Å². The molecule has 110 valence electrons. The summed E-state index contributed by atoms with van der Waals surface area (Å²) in [6, 6.07) is 13.2. The van der Waals surface area contributed by atoms with E-state index in [0.717, 1.165) is 10.4 Å². The number of hydrogen-bond donors (Lipinski definition) is 2. The molecule has 7 nitrogen and oxygen atoms in total. The summed E-state index contributed by atoms with van der Waals surface area (Å²) >= 11 is 0. The molecule has 3 rings (SSSR count). The van der Waals surface area contributed by atoms with Crippen LogP contribution in [0.25, 0.3) is 11.0 Å². The van der Waals surface area contributed by atoms with E-state index in [4.69, 9.17) is 9.76 Å². The zero-order valence-corrected chi connectivity index (χ0v) is 11.9. The van der Waals surface area contributed by atoms with Crippen LogP contribution in [-0.4, -0.2) is 33.3 Å². The number of aromatic nitrogens is 3. The molecule has 8 heteroatoms. The van der Waals surface area contributed by atoms with Gasteiger partial charge in [-0.2, -0.15) is 8.42 Å². The predicted octanol–water partition coefficient (Wildman–Crippen LogP) is 1.91. The lowest BCUT2D eigenvalue weighted by atomic mass is 10.2. The van der Waals surface area contributed by atoms with Crippen LogP contribution in [0.15, 0.2) is 53.4 Å². The van der Waals surface area contributed by atoms with Crippen molar-refractivity contribution in [2.75, 3.05) is 0 Å². The number of para-hydroxylation sites is 1. The van der Waals surface area contributed by atoms with Gasteiger partial charge in [0.15, 0.2) is 0 Å². The highest BCUT2D eigenvalue weighted by atomic mass is 32.2. The van der Waals surface area contributed by atoms with Gasteiger partial charge in [-0.25, -0.2) is 0 Å². The van der Waals surface area contributed by atoms with Crippen LogP contribution in [0, 0.1) is 6.92 Å². The lowest BCUT2D eigenvalue weighted by Gasteiger charge is -1.95. The molecule has 0 unspecified atom stereocenters. The molecule has 2 N–H and O–H groups in total. The minimum Gasteiger partial charge on any atom is -0.410 e. The Morgan fingerprint density at radius 2 is 1.67 bits per heavy atom. The Morgan fingerprint density at radius 1 is 1.05 bits per heavy atom. The van der Waals surface area contributed by atoms with Crippen LogP contribution in [-0.2, 0) is 10.1 Å². The maximum Gasteiger partial charge on any atom is 0.294 e. The Balaban J connectivity index is 0.000000154. The zero-order valence-electron chi connectivity index (χ0n) is 11.1. The first-order valence-electron chi connectivity index (χ1n) is 5.92. The number of benzene rings is 2. The fourth-order valence-electron chi connectivity index (χ4n) is 1.57. The largest absolute Gasteiger partial charge is 0.410 e. The summed E-state index contributed by atoms with van der Waals surface area (Å²) in [4.78, 5) is 0.693. The van der Waals surface area contributed by atoms with Gasteiger partial charge in [0.25, 0.3) is 10.1 Å². The minimum atomic E-state index is -4.02. The molecule has 0 saturated carbocycles. The van der Waals surface area contributed by atoms with Crippen molar-refractivity contribution in [3.8, 4) is 0 Å². The van der Waals surface area contributed by atoms with Gasteiger partial charge in [0.05, 0.1) is 4.90 Å². The SMILES string of the molecule is Cc1ccc(S(=O)(=O)O)cc1.On1nnc2ccccc21. The predicted molar refractivity (Wildman–Crippen MR) is 75.7 cm³/mol. The molecule has 0 bridgehead atoms. The fourth-order valence-corrected chi connectivity index (χ4v) is 2.05. The number of rotatable bonds is 1. The van der Waals surface area contributed by atoms with Crippen molar-refractivity contribution in [1.82, 2.24) is 15.2 Å². The van der Waals surface area contributed by atoms with Crippen molar-refractivity contribution in [2.24, 2.45) is 0 Å². The van der Waals surface area contributed by atoms with Crippen molar-refractivity contribution in [3.05, 3.63) is 54.1 Å². The number of aryl methyl sites for hydroxylation is 1. The summed E-state index contributed by atoms with van der Waals surface area (Å²) < 4.78 is 29.6. The van der Waals surface area contributed by atoms with Crippen molar-refractivity contribution < 1.29 is 18.2 Å². The Bertz CT molecular complexity index is 841. The van der Waals surface area contributed by atoms with Gasteiger partial charge < -0.3 is 5.21 Å². The number of nitrogens with zero attached hydrogens (tertiary/aromatic N) is 3. The van der Waals surface area contributed by atoms with E-state index in [-0.39, 0.29) is 4.90 Å². The highest BCUT2D eigenvalue weighted by Crippen LogP contribution is 2.08. The molecule has 0 aliphatic rings. The Kier molecular flexibility index (Phi) is 4.20. The average Bonchev–Trinajstić information content (AvgIpc) is 2.81. The van der Waals surface area contributed by atoms with Gasteiger partial charge in [-0.05, 0) is 36.4 Å². The molecular weight excluding hydrogens is 294 g/mol. The molecule has 21 heavy (non-hydrogen) atoms. The molecule has 0 amide bonds. The molecule has 1 heterocycles. The monoisotopic (exact) mass is 307 g/mol. The molecule has 0 radical (unpaired) electrons. The van der Waals surface area contributed by atoms with Gasteiger partial charge in [0.2, 0.25) is 0 Å². The van der Waals surface area contributed by atoms with Gasteiger partial charge in [-0.1, -0.05) is 34.7 Å². The number of fused-ring (bicyclic) bond motifs is 1. The smallest absolute Gasteiger partial charge is 0.294 e. The van der Waals surface area contributed by atoms with Crippen molar-refractivity contribution >= 4 is 21.2 Å². The molecule has 0 atom stereocenters. The second-order valence-corrected chi connectivity index (χ2v) is 5.68. The molecule has 3 aromatic rings. The Morgan fingerprint density at radius 3 is 2.24 bits per heavy atom. The normalized spacial score (nSPS) is 11.0. The van der Waals surface area contributed by atoms with Crippen LogP contribution in [0.2, 0.25) is 0 Å². The summed E-state index contributed by atoms with van der Waals surface area (Å²) in [5.41, 5.74) is 2.28. The minimum absolute atomic E-state index is 0.0666. The third-order valence-corrected chi connectivity index (χ3v) is 3.52. The molecule has 0 spiro atoms. The van der Waals surface area contributed by atoms with E-state index >= 15 is 0 Å². The van der Waals surface area contributed by atoms with Crippen LogP contribution in [0.4, 0.5) is 0 Å². The first-order valence-corrected chi connectivity index (χ1v) is 7.36. The lowest BCUT2D eigenvalue weighted by Crippen LogP contribution is -1.96. The van der Waals surface area contributed by atoms with Crippen LogP contribution in [0.1, 0.15) is 5.56 Å². The third kappa shape index (κ3) is 3.77. The molecule has 2 aromatic carbocycles. The van der Waals surface area contributed by atoms with Crippen molar-refractivity contribution in [1.29, 1.82) is 0 Å². The number of hydrogen-bond acceptors (Lipinski definition) is 5. The molecule has 0 aliphatic carbocycles. The summed E-state index contributed by atoms with van der Waals surface area (Å²) in [7, 11) is -4.02. The van der Waals surface area contributed by atoms with Gasteiger partial charge in [0.1, 0.15) is 11.0 Å². The fraction of sp³-hybridized carbons (Fsp3) is 0.0769. The Labute approximate surface area is 121 Å². The molecule has 0 saturated heterocycles. The quantitative estimate of drug-likeness (QED) is 0.525. The van der Waals surface area contributed by atoms with Crippen molar-refractivity contribution in [2.45, 2.75) is 11.8 Å². The van der Waals surface area contributed by atoms with Gasteiger partial charge in [0, 0.05) is 0 Å². The van der Waals surface area contributed by atoms with E-state index in [9.17, 15) is 8.42 Å². The first-order chi connectivity index (χ1) is 9.88. The zero-order chi connectivity index (χ0) is 15.5. The second kappa shape index (κ2) is 5.90. The molecule has 0 fully saturated rings. The summed E-state index contributed by atoms with van der Waals surface area (Å²) in [6.07, 6.45) is 0. The molecular formula is C13H13N3O4S. The van der Waals surface area contributed by atoms with E-state index in [0.29, 0.717) is 11.0 Å². The van der Waals surface area contributed by atoms with E-state index in [1.54, 1.807) is 24.3 Å². The van der Waals surface area contributed by atoms with Crippen LogP contribution in [0.5, 0.6) is 0 Å². The third-order valence-electron chi connectivity index (χ3n) is 2.65. The van der Waals surface area contributed by atoms with Crippen LogP contribution >= 0.6 is 0 Å². The maximum atomic E-state index is 10.5. The Hall–Kier alpha value is -2.45. The lowest BCUT2D eigenvalue weighted by molar-refractivity contribution is 0.155. The van der Waals surface area contributed by atoms with Crippen LogP contribution < -0.4 is 0 Å². The topological polar surface area (TPSA) is 105 Å². The second-order valence-electron chi connectivity index (χ2n) is 4.26. The average molecular weight is 307 g/mol. The van der Waals surface area contributed by atoms with Crippen LogP contribution in [0.3, 0.4) is 0 Å². The molecule has 1 aromatic heterocycles. The summed E-state index contributed by atoms with van der Waals surface area (Å²) in [6.45, 7) is 1.84. The first kappa shape index (κ1) is 14.9.